The van der Waals surface area contributed by atoms with Gasteiger partial charge in [0.25, 0.3) is 0 Å². The molecule has 0 unspecified atom stereocenters. The number of aromatic amines is 1. The molecule has 68 valence electrons. The van der Waals surface area contributed by atoms with Crippen LogP contribution in [0.2, 0.25) is 0 Å². The van der Waals surface area contributed by atoms with Crippen LogP contribution < -0.4 is 0 Å². The van der Waals surface area contributed by atoms with Crippen molar-refractivity contribution in [2.45, 2.75) is 0 Å². The summed E-state index contributed by atoms with van der Waals surface area (Å²) in [6.07, 6.45) is 1.73. The van der Waals surface area contributed by atoms with Gasteiger partial charge < -0.3 is 10.1 Å². The van der Waals surface area contributed by atoms with Crippen LogP contribution in [0.5, 0.6) is 5.75 Å². The second-order valence-electron chi connectivity index (χ2n) is 3.22. The lowest BCUT2D eigenvalue weighted by atomic mass is 10.2. The Hall–Kier alpha value is -2.03. The topological polar surface area (TPSA) is 48.9 Å². The highest BCUT2D eigenvalue weighted by Crippen LogP contribution is 2.30. The molecule has 3 heteroatoms. The minimum absolute atomic E-state index is 0.293. The van der Waals surface area contributed by atoms with Crippen LogP contribution >= 0.6 is 0 Å². The molecule has 3 aromatic rings. The quantitative estimate of drug-likeness (QED) is 0.563. The van der Waals surface area contributed by atoms with E-state index < -0.39 is 0 Å². The van der Waals surface area contributed by atoms with Crippen molar-refractivity contribution in [1.29, 1.82) is 0 Å². The summed E-state index contributed by atoms with van der Waals surface area (Å²) in [5.41, 5.74) is 1.72. The number of hydrogen-bond acceptors (Lipinski definition) is 2. The van der Waals surface area contributed by atoms with Crippen molar-refractivity contribution >= 4 is 21.9 Å². The lowest BCUT2D eigenvalue weighted by Crippen LogP contribution is -1.71. The largest absolute Gasteiger partial charge is 0.507 e. The van der Waals surface area contributed by atoms with Crippen LogP contribution in [0.25, 0.3) is 21.9 Å². The number of fused-ring (bicyclic) bond motifs is 3. The van der Waals surface area contributed by atoms with E-state index in [9.17, 15) is 5.11 Å². The fourth-order valence-electron chi connectivity index (χ4n) is 1.76. The molecule has 0 saturated heterocycles. The molecule has 0 radical (unpaired) electrons. The molecule has 0 bridgehead atoms. The van der Waals surface area contributed by atoms with Crippen molar-refractivity contribution in [2.24, 2.45) is 0 Å². The van der Waals surface area contributed by atoms with Gasteiger partial charge in [0, 0.05) is 11.6 Å². The van der Waals surface area contributed by atoms with Crippen molar-refractivity contribution in [1.82, 2.24) is 9.97 Å². The van der Waals surface area contributed by atoms with Crippen LogP contribution in [0.3, 0.4) is 0 Å². The van der Waals surface area contributed by atoms with Crippen molar-refractivity contribution in [2.75, 3.05) is 0 Å². The maximum absolute atomic E-state index is 9.71. The fourth-order valence-corrected chi connectivity index (χ4v) is 1.76. The van der Waals surface area contributed by atoms with E-state index >= 15 is 0 Å². The molecule has 2 aromatic heterocycles. The smallest absolute Gasteiger partial charge is 0.138 e. The van der Waals surface area contributed by atoms with Crippen LogP contribution in [0.1, 0.15) is 0 Å². The predicted molar refractivity (Wildman–Crippen MR) is 55.3 cm³/mol. The number of rotatable bonds is 0. The second kappa shape index (κ2) is 2.48. The van der Waals surface area contributed by atoms with Crippen molar-refractivity contribution in [3.63, 3.8) is 0 Å². The van der Waals surface area contributed by atoms with Crippen LogP contribution in [0, 0.1) is 0 Å². The Bertz CT molecular complexity index is 613. The predicted octanol–water partition coefficient (Wildman–Crippen LogP) is 2.42. The van der Waals surface area contributed by atoms with Gasteiger partial charge in [-0.2, -0.15) is 0 Å². The number of aromatic nitrogens is 2. The van der Waals surface area contributed by atoms with Crippen LogP contribution in [-0.4, -0.2) is 15.1 Å². The van der Waals surface area contributed by atoms with E-state index in [1.807, 2.05) is 24.3 Å². The average molecular weight is 184 g/mol. The lowest BCUT2D eigenvalue weighted by molar-refractivity contribution is 0.482. The standard InChI is InChI=1S/C11H8N2O/c14-9-5-1-4-8-10(9)7-3-2-6-12-11(7)13-8/h1-6,14H,(H,12,13). The van der Waals surface area contributed by atoms with E-state index in [4.69, 9.17) is 0 Å². The van der Waals surface area contributed by atoms with Gasteiger partial charge in [-0.1, -0.05) is 6.07 Å². The van der Waals surface area contributed by atoms with E-state index in [1.54, 1.807) is 12.3 Å². The Morgan fingerprint density at radius 1 is 1.14 bits per heavy atom. The molecule has 3 nitrogen and oxygen atoms in total. The van der Waals surface area contributed by atoms with Gasteiger partial charge >= 0.3 is 0 Å². The number of nitrogens with zero attached hydrogens (tertiary/aromatic N) is 1. The molecule has 2 heterocycles. The summed E-state index contributed by atoms with van der Waals surface area (Å²) in [7, 11) is 0. The highest BCUT2D eigenvalue weighted by Gasteiger charge is 2.07. The molecule has 0 fully saturated rings. The zero-order valence-corrected chi connectivity index (χ0v) is 7.36. The highest BCUT2D eigenvalue weighted by molar-refractivity contribution is 6.08. The van der Waals surface area contributed by atoms with E-state index in [-0.39, 0.29) is 0 Å². The average Bonchev–Trinajstić information content (AvgIpc) is 2.57. The monoisotopic (exact) mass is 184 g/mol. The SMILES string of the molecule is Oc1cccc2[nH]c3ncccc3c12. The summed E-state index contributed by atoms with van der Waals surface area (Å²) in [5, 5.41) is 11.5. The molecule has 2 N–H and O–H groups in total. The van der Waals surface area contributed by atoms with Gasteiger partial charge in [-0.05, 0) is 24.3 Å². The van der Waals surface area contributed by atoms with E-state index in [1.165, 1.54) is 0 Å². The summed E-state index contributed by atoms with van der Waals surface area (Å²) >= 11 is 0. The summed E-state index contributed by atoms with van der Waals surface area (Å²) < 4.78 is 0. The summed E-state index contributed by atoms with van der Waals surface area (Å²) in [4.78, 5) is 7.34. The van der Waals surface area contributed by atoms with Crippen LogP contribution in [-0.2, 0) is 0 Å². The molecule has 0 aliphatic rings. The van der Waals surface area contributed by atoms with Crippen molar-refractivity contribution in [3.05, 3.63) is 36.5 Å². The molecule has 0 aliphatic heterocycles. The summed E-state index contributed by atoms with van der Waals surface area (Å²) in [6.45, 7) is 0. The Morgan fingerprint density at radius 2 is 2.07 bits per heavy atom. The molecule has 14 heavy (non-hydrogen) atoms. The molecule has 0 spiro atoms. The van der Waals surface area contributed by atoms with Gasteiger partial charge in [-0.3, -0.25) is 0 Å². The van der Waals surface area contributed by atoms with E-state index in [2.05, 4.69) is 9.97 Å². The Morgan fingerprint density at radius 3 is 3.00 bits per heavy atom. The molecular weight excluding hydrogens is 176 g/mol. The molecule has 1 aromatic carbocycles. The van der Waals surface area contributed by atoms with E-state index in [0.717, 1.165) is 21.9 Å². The maximum atomic E-state index is 9.71. The summed E-state index contributed by atoms with van der Waals surface area (Å²) in [6, 6.07) is 9.23. The number of phenolic OH excluding ortho intramolecular Hbond substituents is 1. The fraction of sp³-hybridized carbons (Fsp3) is 0. The Kier molecular flexibility index (Phi) is 1.31. The number of H-pyrrole nitrogens is 1. The first-order chi connectivity index (χ1) is 6.86. The van der Waals surface area contributed by atoms with Gasteiger partial charge in [0.1, 0.15) is 11.4 Å². The number of nitrogens with one attached hydrogen (secondary N) is 1. The molecule has 0 amide bonds. The van der Waals surface area contributed by atoms with Crippen molar-refractivity contribution < 1.29 is 5.11 Å². The number of hydrogen-bond donors (Lipinski definition) is 2. The zero-order valence-electron chi connectivity index (χ0n) is 7.36. The minimum atomic E-state index is 0.293. The number of phenols is 1. The number of pyridine rings is 1. The number of aromatic hydroxyl groups is 1. The third kappa shape index (κ3) is 0.836. The molecular formula is C11H8N2O. The van der Waals surface area contributed by atoms with Gasteiger partial charge in [-0.15, -0.1) is 0 Å². The molecule has 0 saturated carbocycles. The molecule has 0 aliphatic carbocycles. The minimum Gasteiger partial charge on any atom is -0.507 e. The van der Waals surface area contributed by atoms with E-state index in [0.29, 0.717) is 5.75 Å². The van der Waals surface area contributed by atoms with Crippen LogP contribution in [0.15, 0.2) is 36.5 Å². The van der Waals surface area contributed by atoms with Gasteiger partial charge in [-0.25, -0.2) is 4.98 Å². The Balaban J connectivity index is 2.65. The maximum Gasteiger partial charge on any atom is 0.138 e. The zero-order chi connectivity index (χ0) is 9.54. The van der Waals surface area contributed by atoms with Crippen LogP contribution in [0.4, 0.5) is 0 Å². The lowest BCUT2D eigenvalue weighted by Gasteiger charge is -1.93. The third-order valence-electron chi connectivity index (χ3n) is 2.37. The first-order valence-electron chi connectivity index (χ1n) is 4.40. The van der Waals surface area contributed by atoms with Gasteiger partial charge in [0.2, 0.25) is 0 Å². The number of benzene rings is 1. The van der Waals surface area contributed by atoms with Gasteiger partial charge in [0.05, 0.1) is 10.9 Å². The molecule has 0 atom stereocenters. The van der Waals surface area contributed by atoms with Gasteiger partial charge in [0.15, 0.2) is 0 Å². The molecule has 3 rings (SSSR count). The first-order valence-corrected chi connectivity index (χ1v) is 4.40. The normalized spacial score (nSPS) is 11.1. The third-order valence-corrected chi connectivity index (χ3v) is 2.37. The Labute approximate surface area is 80.0 Å². The second-order valence-corrected chi connectivity index (χ2v) is 3.22. The highest BCUT2D eigenvalue weighted by atomic mass is 16.3. The first kappa shape index (κ1) is 7.38. The summed E-state index contributed by atoms with van der Waals surface area (Å²) in [5.74, 6) is 0.293. The van der Waals surface area contributed by atoms with Crippen molar-refractivity contribution in [3.8, 4) is 5.75 Å².